The van der Waals surface area contributed by atoms with Crippen LogP contribution < -0.4 is 5.32 Å². The highest BCUT2D eigenvalue weighted by Crippen LogP contribution is 2.21. The zero-order valence-electron chi connectivity index (χ0n) is 11.2. The minimum Gasteiger partial charge on any atom is -0.481 e. The lowest BCUT2D eigenvalue weighted by molar-refractivity contribution is -0.139. The molecule has 1 fully saturated rings. The summed E-state index contributed by atoms with van der Waals surface area (Å²) >= 11 is 3.41. The minimum absolute atomic E-state index is 0.0690. The van der Waals surface area contributed by atoms with Crippen LogP contribution in [-0.4, -0.2) is 41.5 Å². The SMILES string of the molecule is Cc1cc(NC(=O)CN2CC(CC(=O)O)C2)ccc1Br. The van der Waals surface area contributed by atoms with Crippen LogP contribution in [0, 0.1) is 12.8 Å². The van der Waals surface area contributed by atoms with Crippen LogP contribution in [0.1, 0.15) is 12.0 Å². The van der Waals surface area contributed by atoms with Gasteiger partial charge >= 0.3 is 5.97 Å². The van der Waals surface area contributed by atoms with E-state index in [2.05, 4.69) is 21.2 Å². The Morgan fingerprint density at radius 1 is 1.45 bits per heavy atom. The van der Waals surface area contributed by atoms with Crippen molar-refractivity contribution in [2.45, 2.75) is 13.3 Å². The second kappa shape index (κ2) is 6.37. The Labute approximate surface area is 126 Å². The Bertz CT molecular complexity index is 527. The molecule has 0 spiro atoms. The molecule has 1 aromatic rings. The fraction of sp³-hybridized carbons (Fsp3) is 0.429. The maximum Gasteiger partial charge on any atom is 0.303 e. The van der Waals surface area contributed by atoms with Crippen molar-refractivity contribution in [1.29, 1.82) is 0 Å². The number of benzene rings is 1. The molecule has 5 nitrogen and oxygen atoms in total. The van der Waals surface area contributed by atoms with Gasteiger partial charge < -0.3 is 10.4 Å². The summed E-state index contributed by atoms with van der Waals surface area (Å²) in [6, 6.07) is 5.65. The van der Waals surface area contributed by atoms with Crippen molar-refractivity contribution in [2.75, 3.05) is 25.0 Å². The number of carbonyl (C=O) groups excluding carboxylic acids is 1. The van der Waals surface area contributed by atoms with Gasteiger partial charge in [-0.3, -0.25) is 14.5 Å². The van der Waals surface area contributed by atoms with Gasteiger partial charge in [0.2, 0.25) is 5.91 Å². The van der Waals surface area contributed by atoms with Gasteiger partial charge in [-0.25, -0.2) is 0 Å². The summed E-state index contributed by atoms with van der Waals surface area (Å²) in [6.45, 7) is 3.63. The van der Waals surface area contributed by atoms with Crippen molar-refractivity contribution in [1.82, 2.24) is 4.90 Å². The Morgan fingerprint density at radius 2 is 2.15 bits per heavy atom. The van der Waals surface area contributed by atoms with Crippen molar-refractivity contribution in [2.24, 2.45) is 5.92 Å². The van der Waals surface area contributed by atoms with Gasteiger partial charge in [-0.05, 0) is 36.6 Å². The third kappa shape index (κ3) is 4.05. The molecular weight excluding hydrogens is 324 g/mol. The van der Waals surface area contributed by atoms with Gasteiger partial charge in [0.05, 0.1) is 13.0 Å². The fourth-order valence-electron chi connectivity index (χ4n) is 2.31. The molecule has 6 heteroatoms. The average Bonchev–Trinajstić information content (AvgIpc) is 2.30. The first-order valence-corrected chi connectivity index (χ1v) is 7.23. The van der Waals surface area contributed by atoms with E-state index in [1.807, 2.05) is 30.0 Å². The molecule has 1 aliphatic heterocycles. The number of amides is 1. The predicted octanol–water partition coefficient (Wildman–Crippen LogP) is 2.10. The van der Waals surface area contributed by atoms with E-state index in [0.29, 0.717) is 19.6 Å². The summed E-state index contributed by atoms with van der Waals surface area (Å²) < 4.78 is 1.01. The quantitative estimate of drug-likeness (QED) is 0.861. The number of nitrogens with one attached hydrogen (secondary N) is 1. The van der Waals surface area contributed by atoms with Crippen LogP contribution in [0.3, 0.4) is 0 Å². The number of aliphatic carboxylic acids is 1. The maximum absolute atomic E-state index is 11.9. The molecule has 0 unspecified atom stereocenters. The fourth-order valence-corrected chi connectivity index (χ4v) is 2.55. The molecule has 2 rings (SSSR count). The number of carboxylic acid groups (broad SMARTS) is 1. The van der Waals surface area contributed by atoms with E-state index in [0.717, 1.165) is 15.7 Å². The number of anilines is 1. The third-order valence-corrected chi connectivity index (χ3v) is 4.19. The van der Waals surface area contributed by atoms with Gasteiger partial charge in [0, 0.05) is 23.2 Å². The zero-order chi connectivity index (χ0) is 14.7. The van der Waals surface area contributed by atoms with Gasteiger partial charge in [-0.1, -0.05) is 15.9 Å². The van der Waals surface area contributed by atoms with Crippen molar-refractivity contribution < 1.29 is 14.7 Å². The maximum atomic E-state index is 11.9. The Hall–Kier alpha value is -1.40. The van der Waals surface area contributed by atoms with Gasteiger partial charge in [0.15, 0.2) is 0 Å². The molecule has 20 heavy (non-hydrogen) atoms. The summed E-state index contributed by atoms with van der Waals surface area (Å²) in [5.74, 6) is -0.667. The largest absolute Gasteiger partial charge is 0.481 e. The highest BCUT2D eigenvalue weighted by molar-refractivity contribution is 9.10. The van der Waals surface area contributed by atoms with Gasteiger partial charge in [0.25, 0.3) is 0 Å². The number of likely N-dealkylation sites (tertiary alicyclic amines) is 1. The number of hydrogen-bond donors (Lipinski definition) is 2. The van der Waals surface area contributed by atoms with E-state index >= 15 is 0 Å². The smallest absolute Gasteiger partial charge is 0.303 e. The van der Waals surface area contributed by atoms with Crippen molar-refractivity contribution in [3.05, 3.63) is 28.2 Å². The predicted molar refractivity (Wildman–Crippen MR) is 79.7 cm³/mol. The van der Waals surface area contributed by atoms with Gasteiger partial charge in [0.1, 0.15) is 0 Å². The van der Waals surface area contributed by atoms with E-state index in [1.54, 1.807) is 0 Å². The van der Waals surface area contributed by atoms with Gasteiger partial charge in [-0.2, -0.15) is 0 Å². The Balaban J connectivity index is 1.76. The van der Waals surface area contributed by atoms with Crippen LogP contribution in [0.25, 0.3) is 0 Å². The third-order valence-electron chi connectivity index (χ3n) is 3.31. The second-order valence-electron chi connectivity index (χ2n) is 5.17. The molecule has 0 aliphatic carbocycles. The molecule has 1 aromatic carbocycles. The van der Waals surface area contributed by atoms with E-state index in [9.17, 15) is 9.59 Å². The summed E-state index contributed by atoms with van der Waals surface area (Å²) in [7, 11) is 0. The molecular formula is C14H17BrN2O3. The lowest BCUT2D eigenvalue weighted by atomic mass is 9.96. The monoisotopic (exact) mass is 340 g/mol. The second-order valence-corrected chi connectivity index (χ2v) is 6.02. The number of nitrogens with zero attached hydrogens (tertiary/aromatic N) is 1. The van der Waals surface area contributed by atoms with Crippen molar-refractivity contribution >= 4 is 33.5 Å². The highest BCUT2D eigenvalue weighted by atomic mass is 79.9. The number of carbonyl (C=O) groups is 2. The highest BCUT2D eigenvalue weighted by Gasteiger charge is 2.29. The van der Waals surface area contributed by atoms with Crippen LogP contribution in [0.4, 0.5) is 5.69 Å². The van der Waals surface area contributed by atoms with Crippen LogP contribution in [0.2, 0.25) is 0 Å². The zero-order valence-corrected chi connectivity index (χ0v) is 12.8. The molecule has 1 saturated heterocycles. The molecule has 1 heterocycles. The molecule has 0 atom stereocenters. The van der Waals surface area contributed by atoms with E-state index in [-0.39, 0.29) is 18.2 Å². The minimum atomic E-state index is -0.774. The van der Waals surface area contributed by atoms with E-state index < -0.39 is 5.97 Å². The Kier molecular flexibility index (Phi) is 4.77. The van der Waals surface area contributed by atoms with Crippen LogP contribution in [-0.2, 0) is 9.59 Å². The summed E-state index contributed by atoms with van der Waals surface area (Å²) in [6.07, 6.45) is 0.185. The molecule has 2 N–H and O–H groups in total. The average molecular weight is 341 g/mol. The molecule has 1 amide bonds. The molecule has 0 aromatic heterocycles. The van der Waals surface area contributed by atoms with Crippen LogP contribution in [0.5, 0.6) is 0 Å². The summed E-state index contributed by atoms with van der Waals surface area (Å²) in [4.78, 5) is 24.3. The van der Waals surface area contributed by atoms with Crippen molar-refractivity contribution in [3.63, 3.8) is 0 Å². The molecule has 0 radical (unpaired) electrons. The number of halogens is 1. The number of rotatable bonds is 5. The van der Waals surface area contributed by atoms with Crippen molar-refractivity contribution in [3.8, 4) is 0 Å². The lowest BCUT2D eigenvalue weighted by Gasteiger charge is -2.37. The molecule has 1 aliphatic rings. The first kappa shape index (κ1) is 15.0. The van der Waals surface area contributed by atoms with E-state index in [4.69, 9.17) is 5.11 Å². The Morgan fingerprint density at radius 3 is 2.75 bits per heavy atom. The number of carboxylic acids is 1. The van der Waals surface area contributed by atoms with Gasteiger partial charge in [-0.15, -0.1) is 0 Å². The standard InChI is InChI=1S/C14H17BrN2O3/c1-9-4-11(2-3-12(9)15)16-13(18)8-17-6-10(7-17)5-14(19)20/h2-4,10H,5-8H2,1H3,(H,16,18)(H,19,20). The lowest BCUT2D eigenvalue weighted by Crippen LogP contribution is -2.50. The summed E-state index contributed by atoms with van der Waals surface area (Å²) in [5, 5.41) is 11.5. The van der Waals surface area contributed by atoms with Crippen LogP contribution >= 0.6 is 15.9 Å². The molecule has 0 bridgehead atoms. The first-order valence-electron chi connectivity index (χ1n) is 6.44. The first-order chi connectivity index (χ1) is 9.44. The number of aryl methyl sites for hydroxylation is 1. The molecule has 0 saturated carbocycles. The molecule has 108 valence electrons. The van der Waals surface area contributed by atoms with E-state index in [1.165, 1.54) is 0 Å². The number of hydrogen-bond acceptors (Lipinski definition) is 3. The topological polar surface area (TPSA) is 69.6 Å². The van der Waals surface area contributed by atoms with Crippen LogP contribution in [0.15, 0.2) is 22.7 Å². The normalized spacial score (nSPS) is 15.7. The summed E-state index contributed by atoms with van der Waals surface area (Å²) in [5.41, 5.74) is 1.84.